The molecule has 0 N–H and O–H groups in total. The first-order valence-corrected chi connectivity index (χ1v) is 14.8. The molecule has 5 aromatic carbocycles. The molecule has 188 valence electrons. The Hall–Kier alpha value is -4.24. The zero-order valence-electron chi connectivity index (χ0n) is 21.4. The third kappa shape index (κ3) is 4.04. The van der Waals surface area contributed by atoms with Gasteiger partial charge in [-0.3, -0.25) is 0 Å². The number of nitrogens with zero attached hydrogens (tertiary/aromatic N) is 1. The van der Waals surface area contributed by atoms with E-state index < -0.39 is 5.92 Å². The van der Waals surface area contributed by atoms with Crippen LogP contribution >= 0.6 is 0 Å². The molecule has 0 bridgehead atoms. The quantitative estimate of drug-likeness (QED) is 0.155. The van der Waals surface area contributed by atoms with E-state index in [1.807, 2.05) is 42.5 Å². The predicted octanol–water partition coefficient (Wildman–Crippen LogP) is 8.07. The van der Waals surface area contributed by atoms with E-state index in [1.165, 1.54) is 25.3 Å². The number of carbonyl (C=O) groups is 2. The van der Waals surface area contributed by atoms with Crippen LogP contribution in [-0.4, -0.2) is 26.1 Å². The average Bonchev–Trinajstić information content (AvgIpc) is 3.52. The molecule has 0 saturated carbocycles. The SMILES string of the molecule is Cc1ccc(N(c2ccccc2)c2ccc(CC3C(=O)c4cc5ccccc5cc4C3=O)[se]2)c2ccccc12. The Morgan fingerprint density at radius 3 is 1.97 bits per heavy atom. The number of hydrogen-bond donors (Lipinski definition) is 0. The van der Waals surface area contributed by atoms with Crippen molar-refractivity contribution in [2.75, 3.05) is 4.90 Å². The molecule has 0 saturated heterocycles. The maximum atomic E-state index is 13.4. The van der Waals surface area contributed by atoms with Crippen LogP contribution in [-0.2, 0) is 6.42 Å². The van der Waals surface area contributed by atoms with Crippen molar-refractivity contribution in [1.82, 2.24) is 0 Å². The van der Waals surface area contributed by atoms with Gasteiger partial charge in [-0.05, 0) is 0 Å². The summed E-state index contributed by atoms with van der Waals surface area (Å²) in [5.74, 6) is -0.728. The van der Waals surface area contributed by atoms with Crippen molar-refractivity contribution in [3.8, 4) is 0 Å². The Morgan fingerprint density at radius 1 is 0.667 bits per heavy atom. The fraction of sp³-hybridized carbons (Fsp3) is 0.0857. The van der Waals surface area contributed by atoms with Crippen molar-refractivity contribution in [3.63, 3.8) is 0 Å². The molecule has 3 nitrogen and oxygen atoms in total. The van der Waals surface area contributed by atoms with E-state index in [9.17, 15) is 9.59 Å². The van der Waals surface area contributed by atoms with Gasteiger partial charge in [0.1, 0.15) is 0 Å². The summed E-state index contributed by atoms with van der Waals surface area (Å²) < 4.78 is 2.36. The van der Waals surface area contributed by atoms with Gasteiger partial charge in [0.15, 0.2) is 0 Å². The molecule has 6 aromatic rings. The molecule has 1 aliphatic rings. The Labute approximate surface area is 233 Å². The van der Waals surface area contributed by atoms with Crippen molar-refractivity contribution in [2.45, 2.75) is 13.3 Å². The van der Waals surface area contributed by atoms with E-state index in [0.717, 1.165) is 22.1 Å². The topological polar surface area (TPSA) is 37.4 Å². The van der Waals surface area contributed by atoms with Crippen LogP contribution in [0.4, 0.5) is 15.9 Å². The summed E-state index contributed by atoms with van der Waals surface area (Å²) in [4.78, 5) is 29.2. The molecule has 39 heavy (non-hydrogen) atoms. The van der Waals surface area contributed by atoms with E-state index in [-0.39, 0.29) is 26.1 Å². The number of aryl methyl sites for hydroxylation is 1. The fourth-order valence-electron chi connectivity index (χ4n) is 5.72. The van der Waals surface area contributed by atoms with Crippen molar-refractivity contribution >= 4 is 63.6 Å². The second-order valence-electron chi connectivity index (χ2n) is 10.1. The van der Waals surface area contributed by atoms with E-state index >= 15 is 0 Å². The van der Waals surface area contributed by atoms with Gasteiger partial charge in [-0.2, -0.15) is 0 Å². The molecule has 0 fully saturated rings. The van der Waals surface area contributed by atoms with Crippen LogP contribution in [0.2, 0.25) is 0 Å². The zero-order valence-corrected chi connectivity index (χ0v) is 23.1. The van der Waals surface area contributed by atoms with E-state index in [0.29, 0.717) is 17.5 Å². The summed E-state index contributed by atoms with van der Waals surface area (Å²) in [5.41, 5.74) is 4.62. The van der Waals surface area contributed by atoms with Gasteiger partial charge in [0.25, 0.3) is 0 Å². The number of hydrogen-bond acceptors (Lipinski definition) is 3. The van der Waals surface area contributed by atoms with Crippen LogP contribution in [0, 0.1) is 12.8 Å². The van der Waals surface area contributed by atoms with Crippen molar-refractivity contribution in [2.24, 2.45) is 5.92 Å². The third-order valence-corrected chi connectivity index (χ3v) is 9.99. The van der Waals surface area contributed by atoms with Gasteiger partial charge < -0.3 is 0 Å². The molecule has 0 amide bonds. The van der Waals surface area contributed by atoms with Crippen LogP contribution < -0.4 is 4.90 Å². The van der Waals surface area contributed by atoms with Crippen molar-refractivity contribution in [3.05, 3.63) is 136 Å². The Bertz CT molecular complexity index is 1850. The molecule has 0 radical (unpaired) electrons. The number of rotatable bonds is 5. The second-order valence-corrected chi connectivity index (χ2v) is 12.5. The average molecular weight is 571 g/mol. The first kappa shape index (κ1) is 23.8. The Kier molecular flexibility index (Phi) is 5.81. The van der Waals surface area contributed by atoms with Crippen LogP contribution in [0.3, 0.4) is 0 Å². The van der Waals surface area contributed by atoms with Crippen LogP contribution in [0.15, 0.2) is 115 Å². The van der Waals surface area contributed by atoms with Gasteiger partial charge in [0.2, 0.25) is 0 Å². The van der Waals surface area contributed by atoms with Crippen LogP contribution in [0.5, 0.6) is 0 Å². The van der Waals surface area contributed by atoms with E-state index in [1.54, 1.807) is 0 Å². The molecule has 1 aliphatic carbocycles. The minimum atomic E-state index is -0.636. The number of para-hydroxylation sites is 1. The summed E-state index contributed by atoms with van der Waals surface area (Å²) in [6.07, 6.45) is 0.472. The number of anilines is 3. The van der Waals surface area contributed by atoms with Crippen molar-refractivity contribution in [1.29, 1.82) is 0 Å². The first-order valence-electron chi connectivity index (χ1n) is 13.1. The molecule has 4 heteroatoms. The number of carbonyl (C=O) groups excluding carboxylic acids is 2. The molecular formula is C35H25NO2Se. The van der Waals surface area contributed by atoms with Gasteiger partial charge in [0, 0.05) is 0 Å². The van der Waals surface area contributed by atoms with Gasteiger partial charge in [-0.25, -0.2) is 0 Å². The monoisotopic (exact) mass is 571 g/mol. The number of benzene rings is 5. The van der Waals surface area contributed by atoms with E-state index in [4.69, 9.17) is 0 Å². The summed E-state index contributed by atoms with van der Waals surface area (Å²) in [5, 5.41) is 4.43. The molecule has 1 aromatic heterocycles. The minimum absolute atomic E-state index is 0.0259. The molecule has 0 unspecified atom stereocenters. The second kappa shape index (κ2) is 9.50. The number of ketones is 2. The maximum absolute atomic E-state index is 13.4. The van der Waals surface area contributed by atoms with E-state index in [2.05, 4.69) is 84.6 Å². The summed E-state index contributed by atoms with van der Waals surface area (Å²) in [6, 6.07) is 39.3. The molecule has 0 spiro atoms. The number of Topliss-reactive ketones (excluding diaryl/α,β-unsaturated/α-hetero) is 2. The number of fused-ring (bicyclic) bond motifs is 3. The summed E-state index contributed by atoms with van der Waals surface area (Å²) in [6.45, 7) is 2.15. The third-order valence-electron chi connectivity index (χ3n) is 7.70. The van der Waals surface area contributed by atoms with Crippen LogP contribution in [0.25, 0.3) is 21.5 Å². The van der Waals surface area contributed by atoms with Crippen molar-refractivity contribution < 1.29 is 9.59 Å². The standard InChI is InChI=1S/C35H25NO2Se/c1-22-15-17-32(28-14-8-7-13-27(22)28)36(25-11-3-2-4-12-25)33-18-16-26(39-33)21-31-34(37)29-19-23-9-5-6-10-24(23)20-30(29)35(31)38/h2-20,31H,21H2,1H3. The van der Waals surface area contributed by atoms with Gasteiger partial charge in [-0.1, -0.05) is 0 Å². The van der Waals surface area contributed by atoms with Gasteiger partial charge in [0.05, 0.1) is 0 Å². The first-order chi connectivity index (χ1) is 19.1. The predicted molar refractivity (Wildman–Crippen MR) is 160 cm³/mol. The summed E-state index contributed by atoms with van der Waals surface area (Å²) in [7, 11) is 0. The van der Waals surface area contributed by atoms with Crippen LogP contribution in [0.1, 0.15) is 30.7 Å². The van der Waals surface area contributed by atoms with Gasteiger partial charge in [-0.15, -0.1) is 0 Å². The van der Waals surface area contributed by atoms with Gasteiger partial charge >= 0.3 is 234 Å². The zero-order chi connectivity index (χ0) is 26.5. The summed E-state index contributed by atoms with van der Waals surface area (Å²) >= 11 is -0.0259. The Balaban J connectivity index is 1.26. The fourth-order valence-corrected chi connectivity index (χ4v) is 7.99. The molecule has 0 aliphatic heterocycles. The normalized spacial score (nSPS) is 13.4. The molecule has 0 atom stereocenters. The molecular weight excluding hydrogens is 545 g/mol. The molecule has 7 rings (SSSR count). The Morgan fingerprint density at radius 2 is 1.28 bits per heavy atom. The molecule has 1 heterocycles.